The van der Waals surface area contributed by atoms with E-state index in [4.69, 9.17) is 0 Å². The highest BCUT2D eigenvalue weighted by molar-refractivity contribution is 7.88. The normalized spacial score (nSPS) is 24.1. The summed E-state index contributed by atoms with van der Waals surface area (Å²) in [6.45, 7) is 3.77. The third kappa shape index (κ3) is 5.90. The first kappa shape index (κ1) is 24.7. The summed E-state index contributed by atoms with van der Waals surface area (Å²) in [6.07, 6.45) is 9.58. The van der Waals surface area contributed by atoms with Crippen molar-refractivity contribution >= 4 is 21.8 Å². The van der Waals surface area contributed by atoms with Gasteiger partial charge in [0.1, 0.15) is 5.54 Å². The number of piperazine rings is 1. The summed E-state index contributed by atoms with van der Waals surface area (Å²) in [6, 6.07) is 8.07. The minimum atomic E-state index is -3.61. The Kier molecular flexibility index (Phi) is 7.98. The van der Waals surface area contributed by atoms with Crippen molar-refractivity contribution < 1.29 is 18.0 Å². The minimum Gasteiger partial charge on any atom is -0.351 e. The highest BCUT2D eigenvalue weighted by Gasteiger charge is 2.49. The van der Waals surface area contributed by atoms with Gasteiger partial charge >= 0.3 is 0 Å². The zero-order valence-electron chi connectivity index (χ0n) is 19.6. The van der Waals surface area contributed by atoms with Gasteiger partial charge in [0.2, 0.25) is 21.8 Å². The third-order valence-corrected chi connectivity index (χ3v) is 8.06. The van der Waals surface area contributed by atoms with Crippen LogP contribution in [-0.2, 0) is 32.6 Å². The predicted molar refractivity (Wildman–Crippen MR) is 125 cm³/mol. The second-order valence-electron chi connectivity index (χ2n) is 9.47. The van der Waals surface area contributed by atoms with E-state index in [1.54, 1.807) is 11.8 Å². The molecule has 0 unspecified atom stereocenters. The van der Waals surface area contributed by atoms with Crippen molar-refractivity contribution in [3.63, 3.8) is 0 Å². The Hall–Kier alpha value is -1.93. The largest absolute Gasteiger partial charge is 0.351 e. The van der Waals surface area contributed by atoms with Crippen molar-refractivity contribution in [2.24, 2.45) is 0 Å². The monoisotopic (exact) mass is 463 g/mol. The number of carbonyl (C=O) groups is 2. The predicted octanol–water partition coefficient (Wildman–Crippen LogP) is 2.84. The molecule has 178 valence electrons. The van der Waals surface area contributed by atoms with Crippen molar-refractivity contribution in [3.05, 3.63) is 35.4 Å². The van der Waals surface area contributed by atoms with Crippen LogP contribution in [0.15, 0.2) is 24.3 Å². The first-order valence-corrected chi connectivity index (χ1v) is 13.6. The number of rotatable bonds is 6. The summed E-state index contributed by atoms with van der Waals surface area (Å²) in [7, 11) is -3.61. The van der Waals surface area contributed by atoms with Gasteiger partial charge in [-0.3, -0.25) is 9.59 Å². The molecule has 1 aliphatic carbocycles. The van der Waals surface area contributed by atoms with E-state index in [9.17, 15) is 18.0 Å². The fourth-order valence-electron chi connectivity index (χ4n) is 4.69. The Balaban J connectivity index is 1.86. The fourth-order valence-corrected chi connectivity index (χ4v) is 5.52. The van der Waals surface area contributed by atoms with E-state index < -0.39 is 15.6 Å². The lowest BCUT2D eigenvalue weighted by Crippen LogP contribution is -2.69. The molecular formula is C24H37N3O4S. The lowest BCUT2D eigenvalue weighted by atomic mass is 9.92. The molecule has 1 aromatic carbocycles. The summed E-state index contributed by atoms with van der Waals surface area (Å²) in [5.41, 5.74) is 0.851. The van der Waals surface area contributed by atoms with E-state index in [1.807, 2.05) is 24.3 Å². The zero-order chi connectivity index (χ0) is 23.4. The smallest absolute Gasteiger partial charge is 0.247 e. The zero-order valence-corrected chi connectivity index (χ0v) is 20.4. The molecule has 1 atom stereocenters. The van der Waals surface area contributed by atoms with Crippen molar-refractivity contribution in [2.75, 3.05) is 19.3 Å². The summed E-state index contributed by atoms with van der Waals surface area (Å²) in [5.74, 6) is -0.619. The standard InChI is InChI=1S/C24H37N3O4S/c1-4-19-12-14-20(15-13-19)16-27-22(28)17-26(32(3,30)31)18-24(27,2)23(29)25-21-10-8-6-5-7-9-11-21/h12-15,21H,4-11,16-18H2,1-3H3,(H,25,29)/t24-/m1/s1. The van der Waals surface area contributed by atoms with Gasteiger partial charge in [0.25, 0.3) is 0 Å². The molecule has 32 heavy (non-hydrogen) atoms. The number of aryl methyl sites for hydroxylation is 1. The number of nitrogens with zero attached hydrogens (tertiary/aromatic N) is 2. The number of amides is 2. The molecule has 3 rings (SSSR count). The van der Waals surface area contributed by atoms with Gasteiger partial charge in [0.05, 0.1) is 12.8 Å². The van der Waals surface area contributed by atoms with Crippen LogP contribution in [0.5, 0.6) is 0 Å². The molecule has 1 saturated heterocycles. The first-order chi connectivity index (χ1) is 15.1. The summed E-state index contributed by atoms with van der Waals surface area (Å²) in [5, 5.41) is 3.17. The first-order valence-electron chi connectivity index (χ1n) is 11.8. The minimum absolute atomic E-state index is 0.0385. The maximum absolute atomic E-state index is 13.6. The van der Waals surface area contributed by atoms with Crippen molar-refractivity contribution in [1.29, 1.82) is 0 Å². The van der Waals surface area contributed by atoms with E-state index in [1.165, 1.54) is 24.8 Å². The van der Waals surface area contributed by atoms with Crippen LogP contribution in [0, 0.1) is 0 Å². The van der Waals surface area contributed by atoms with Gasteiger partial charge in [-0.15, -0.1) is 0 Å². The van der Waals surface area contributed by atoms with Crippen molar-refractivity contribution in [2.45, 2.75) is 83.3 Å². The Labute approximate surface area is 192 Å². The van der Waals surface area contributed by atoms with E-state index >= 15 is 0 Å². The molecule has 1 N–H and O–H groups in total. The second kappa shape index (κ2) is 10.3. The second-order valence-corrected chi connectivity index (χ2v) is 11.5. The van der Waals surface area contributed by atoms with Crippen LogP contribution < -0.4 is 5.32 Å². The molecule has 8 heteroatoms. The van der Waals surface area contributed by atoms with Gasteiger partial charge < -0.3 is 10.2 Å². The maximum atomic E-state index is 13.6. The number of carbonyl (C=O) groups excluding carboxylic acids is 2. The van der Waals surface area contributed by atoms with Crippen molar-refractivity contribution in [3.8, 4) is 0 Å². The van der Waals surface area contributed by atoms with Crippen LogP contribution in [0.1, 0.15) is 69.9 Å². The van der Waals surface area contributed by atoms with Crippen LogP contribution >= 0.6 is 0 Å². The SMILES string of the molecule is CCc1ccc(CN2C(=O)CN(S(C)(=O)=O)C[C@]2(C)C(=O)NC2CCCCCCC2)cc1. The maximum Gasteiger partial charge on any atom is 0.247 e. The third-order valence-electron chi connectivity index (χ3n) is 6.86. The molecule has 2 fully saturated rings. The van der Waals surface area contributed by atoms with Gasteiger partial charge in [-0.2, -0.15) is 4.31 Å². The van der Waals surface area contributed by atoms with Gasteiger partial charge in [0.15, 0.2) is 0 Å². The summed E-state index contributed by atoms with van der Waals surface area (Å²) >= 11 is 0. The molecular weight excluding hydrogens is 426 g/mol. The van der Waals surface area contributed by atoms with Crippen LogP contribution in [0.25, 0.3) is 0 Å². The van der Waals surface area contributed by atoms with Crippen LogP contribution in [0.4, 0.5) is 0 Å². The lowest BCUT2D eigenvalue weighted by molar-refractivity contribution is -0.154. The van der Waals surface area contributed by atoms with E-state index in [0.717, 1.165) is 48.2 Å². The summed E-state index contributed by atoms with van der Waals surface area (Å²) in [4.78, 5) is 28.3. The van der Waals surface area contributed by atoms with E-state index in [-0.39, 0.29) is 37.5 Å². The van der Waals surface area contributed by atoms with Crippen molar-refractivity contribution in [1.82, 2.24) is 14.5 Å². The molecule has 2 amide bonds. The highest BCUT2D eigenvalue weighted by Crippen LogP contribution is 2.28. The van der Waals surface area contributed by atoms with Crippen LogP contribution in [-0.4, -0.2) is 60.4 Å². The molecule has 2 aliphatic rings. The Bertz CT molecular complexity index is 908. The molecule has 0 radical (unpaired) electrons. The number of hydrogen-bond acceptors (Lipinski definition) is 4. The molecule has 1 saturated carbocycles. The molecule has 1 aliphatic heterocycles. The highest BCUT2D eigenvalue weighted by atomic mass is 32.2. The van der Waals surface area contributed by atoms with Gasteiger partial charge in [0, 0.05) is 19.1 Å². The quantitative estimate of drug-likeness (QED) is 0.703. The Morgan fingerprint density at radius 2 is 1.62 bits per heavy atom. The molecule has 0 spiro atoms. The van der Waals surface area contributed by atoms with Gasteiger partial charge in [-0.05, 0) is 37.3 Å². The Morgan fingerprint density at radius 1 is 1.06 bits per heavy atom. The van der Waals surface area contributed by atoms with E-state index in [0.29, 0.717) is 0 Å². The molecule has 1 heterocycles. The average molecular weight is 464 g/mol. The summed E-state index contributed by atoms with van der Waals surface area (Å²) < 4.78 is 25.7. The van der Waals surface area contributed by atoms with Gasteiger partial charge in [-0.25, -0.2) is 8.42 Å². The Morgan fingerprint density at radius 3 is 2.19 bits per heavy atom. The molecule has 7 nitrogen and oxygen atoms in total. The average Bonchev–Trinajstić information content (AvgIpc) is 2.72. The topological polar surface area (TPSA) is 86.8 Å². The number of nitrogens with one attached hydrogen (secondary N) is 1. The fraction of sp³-hybridized carbons (Fsp3) is 0.667. The number of benzene rings is 1. The molecule has 0 aromatic heterocycles. The van der Waals surface area contributed by atoms with E-state index in [2.05, 4.69) is 12.2 Å². The van der Waals surface area contributed by atoms with Crippen LogP contribution in [0.2, 0.25) is 0 Å². The van der Waals surface area contributed by atoms with Gasteiger partial charge in [-0.1, -0.05) is 63.3 Å². The lowest BCUT2D eigenvalue weighted by Gasteiger charge is -2.47. The molecule has 0 bridgehead atoms. The number of hydrogen-bond donors (Lipinski definition) is 1. The van der Waals surface area contributed by atoms with Crippen LogP contribution in [0.3, 0.4) is 0 Å². The number of sulfonamides is 1. The molecule has 1 aromatic rings.